The fourth-order valence-corrected chi connectivity index (χ4v) is 1.20. The summed E-state index contributed by atoms with van der Waals surface area (Å²) in [5.74, 6) is -0.949. The number of pyridine rings is 1. The highest BCUT2D eigenvalue weighted by Crippen LogP contribution is 2.26. The summed E-state index contributed by atoms with van der Waals surface area (Å²) in [5, 5.41) is 27.8. The zero-order valence-corrected chi connectivity index (χ0v) is 8.22. The van der Waals surface area contributed by atoms with Crippen molar-refractivity contribution in [3.63, 3.8) is 0 Å². The van der Waals surface area contributed by atoms with E-state index in [0.717, 1.165) is 6.07 Å². The number of nitrogens with zero attached hydrogens (tertiary/aromatic N) is 4. The maximum absolute atomic E-state index is 12.4. The third-order valence-electron chi connectivity index (χ3n) is 1.88. The van der Waals surface area contributed by atoms with Crippen LogP contribution in [0.2, 0.25) is 0 Å². The molecule has 1 aromatic rings. The molecule has 0 N–H and O–H groups in total. The molecule has 8 heteroatoms. The average Bonchev–Trinajstić information content (AvgIpc) is 2.28. The molecule has 1 heterocycles. The summed E-state index contributed by atoms with van der Waals surface area (Å²) >= 11 is 0. The summed E-state index contributed by atoms with van der Waals surface area (Å²) in [5.41, 5.74) is -1.39. The van der Waals surface area contributed by atoms with E-state index in [4.69, 9.17) is 10.5 Å². The van der Waals surface area contributed by atoms with Gasteiger partial charge >= 0.3 is 12.2 Å². The number of alkyl halides is 2. The van der Waals surface area contributed by atoms with E-state index in [1.165, 1.54) is 6.07 Å². The molecule has 0 aliphatic carbocycles. The summed E-state index contributed by atoms with van der Waals surface area (Å²) in [6.45, 7) is 0. The van der Waals surface area contributed by atoms with Crippen molar-refractivity contribution in [3.05, 3.63) is 33.0 Å². The van der Waals surface area contributed by atoms with Crippen molar-refractivity contribution in [1.82, 2.24) is 4.98 Å². The molecule has 0 aliphatic rings. The minimum atomic E-state index is -3.00. The fourth-order valence-electron chi connectivity index (χ4n) is 1.20. The lowest BCUT2D eigenvalue weighted by atomic mass is 10.1. The molecule has 0 spiro atoms. The maximum atomic E-state index is 12.4. The Hall–Kier alpha value is -2.61. The van der Waals surface area contributed by atoms with E-state index in [2.05, 4.69) is 4.98 Å². The number of nitro groups is 1. The molecule has 86 valence electrons. The molecule has 0 fully saturated rings. The van der Waals surface area contributed by atoms with Crippen molar-refractivity contribution in [2.24, 2.45) is 0 Å². The average molecular weight is 238 g/mol. The highest BCUT2D eigenvalue weighted by atomic mass is 19.3. The van der Waals surface area contributed by atoms with E-state index in [0.29, 0.717) is 0 Å². The molecular formula is C9H4F2N4O2. The monoisotopic (exact) mass is 238 g/mol. The van der Waals surface area contributed by atoms with Crippen molar-refractivity contribution in [2.75, 3.05) is 0 Å². The molecule has 0 unspecified atom stereocenters. The zero-order chi connectivity index (χ0) is 13.0. The first kappa shape index (κ1) is 12.5. The summed E-state index contributed by atoms with van der Waals surface area (Å²) in [7, 11) is 0. The molecule has 0 radical (unpaired) electrons. The van der Waals surface area contributed by atoms with Crippen LogP contribution in [-0.2, 0) is 6.42 Å². The molecule has 0 amide bonds. The summed E-state index contributed by atoms with van der Waals surface area (Å²) in [6.07, 6.45) is -3.37. The quantitative estimate of drug-likeness (QED) is 0.590. The Balaban J connectivity index is 3.53. The van der Waals surface area contributed by atoms with Crippen LogP contribution in [0.15, 0.2) is 6.07 Å². The minimum absolute atomic E-state index is 0.119. The zero-order valence-electron chi connectivity index (χ0n) is 8.22. The van der Waals surface area contributed by atoms with Gasteiger partial charge in [0.15, 0.2) is 5.56 Å². The van der Waals surface area contributed by atoms with Gasteiger partial charge in [-0.05, 0) is 21.5 Å². The Labute approximate surface area is 93.9 Å². The van der Waals surface area contributed by atoms with Crippen LogP contribution in [0.25, 0.3) is 0 Å². The Morgan fingerprint density at radius 2 is 2.18 bits per heavy atom. The van der Waals surface area contributed by atoms with E-state index in [-0.39, 0.29) is 12.0 Å². The van der Waals surface area contributed by atoms with Crippen LogP contribution >= 0.6 is 0 Å². The fraction of sp³-hybridized carbons (Fsp3) is 0.222. The number of aromatic nitrogens is 1. The van der Waals surface area contributed by atoms with Gasteiger partial charge in [-0.25, -0.2) is 8.78 Å². The third-order valence-corrected chi connectivity index (χ3v) is 1.88. The van der Waals surface area contributed by atoms with Crippen LogP contribution in [0.4, 0.5) is 14.6 Å². The molecule has 1 rings (SSSR count). The molecule has 17 heavy (non-hydrogen) atoms. The third kappa shape index (κ3) is 2.49. The van der Waals surface area contributed by atoms with Gasteiger partial charge in [-0.2, -0.15) is 10.5 Å². The second kappa shape index (κ2) is 4.94. The highest BCUT2D eigenvalue weighted by molar-refractivity contribution is 5.50. The molecule has 0 aromatic carbocycles. The van der Waals surface area contributed by atoms with E-state index in [9.17, 15) is 18.9 Å². The van der Waals surface area contributed by atoms with Gasteiger partial charge in [0.05, 0.1) is 12.5 Å². The summed E-state index contributed by atoms with van der Waals surface area (Å²) in [6, 6.07) is 3.97. The van der Waals surface area contributed by atoms with E-state index < -0.39 is 28.4 Å². The lowest BCUT2D eigenvalue weighted by molar-refractivity contribution is -0.390. The second-order valence-corrected chi connectivity index (χ2v) is 2.91. The van der Waals surface area contributed by atoms with Gasteiger partial charge in [-0.15, -0.1) is 0 Å². The van der Waals surface area contributed by atoms with Crippen molar-refractivity contribution in [1.29, 1.82) is 10.5 Å². The van der Waals surface area contributed by atoms with Crippen molar-refractivity contribution >= 4 is 5.82 Å². The van der Waals surface area contributed by atoms with Crippen molar-refractivity contribution in [2.45, 2.75) is 12.8 Å². The van der Waals surface area contributed by atoms with Gasteiger partial charge in [0, 0.05) is 0 Å². The van der Waals surface area contributed by atoms with Crippen LogP contribution in [-0.4, -0.2) is 9.91 Å². The maximum Gasteiger partial charge on any atom is 0.382 e. The molecule has 0 saturated carbocycles. The van der Waals surface area contributed by atoms with Crippen molar-refractivity contribution in [3.8, 4) is 12.1 Å². The lowest BCUT2D eigenvalue weighted by Crippen LogP contribution is -2.04. The van der Waals surface area contributed by atoms with Gasteiger partial charge in [-0.1, -0.05) is 0 Å². The van der Waals surface area contributed by atoms with Gasteiger partial charge in [0.25, 0.3) is 0 Å². The van der Waals surface area contributed by atoms with Crippen LogP contribution in [0.1, 0.15) is 23.2 Å². The predicted octanol–water partition coefficient (Wildman–Crippen LogP) is 1.87. The Morgan fingerprint density at radius 1 is 1.53 bits per heavy atom. The smallest absolute Gasteiger partial charge is 0.358 e. The largest absolute Gasteiger partial charge is 0.382 e. The van der Waals surface area contributed by atoms with E-state index in [1.807, 2.05) is 0 Å². The normalized spacial score (nSPS) is 9.71. The van der Waals surface area contributed by atoms with Gasteiger partial charge in [-0.3, -0.25) is 0 Å². The summed E-state index contributed by atoms with van der Waals surface area (Å²) in [4.78, 5) is 12.7. The van der Waals surface area contributed by atoms with Gasteiger partial charge in [0.2, 0.25) is 5.69 Å². The molecule has 0 atom stereocenters. The van der Waals surface area contributed by atoms with Crippen LogP contribution in [0.5, 0.6) is 0 Å². The van der Waals surface area contributed by atoms with E-state index in [1.54, 1.807) is 6.07 Å². The number of hydrogen-bond acceptors (Lipinski definition) is 5. The lowest BCUT2D eigenvalue weighted by Gasteiger charge is -2.02. The second-order valence-electron chi connectivity index (χ2n) is 2.91. The SMILES string of the molecule is N#CCc1cc(C(F)F)nc([N+](=O)[O-])c1C#N. The number of rotatable bonds is 3. The first-order valence-electron chi connectivity index (χ1n) is 4.24. The predicted molar refractivity (Wildman–Crippen MR) is 49.9 cm³/mol. The first-order chi connectivity index (χ1) is 8.01. The molecular weight excluding hydrogens is 234 g/mol. The standard InChI is InChI=1S/C9H4F2N4O2/c10-8(11)7-3-5(1-2-12)6(4-13)9(14-7)15(16)17/h3,8H,1H2. The topological polar surface area (TPSA) is 104 Å². The van der Waals surface area contributed by atoms with E-state index >= 15 is 0 Å². The molecule has 1 aromatic heterocycles. The number of nitriles is 2. The van der Waals surface area contributed by atoms with Gasteiger partial charge < -0.3 is 10.1 Å². The molecule has 6 nitrogen and oxygen atoms in total. The molecule has 0 saturated heterocycles. The summed E-state index contributed by atoms with van der Waals surface area (Å²) < 4.78 is 24.8. The minimum Gasteiger partial charge on any atom is -0.358 e. The van der Waals surface area contributed by atoms with Crippen LogP contribution < -0.4 is 0 Å². The van der Waals surface area contributed by atoms with Crippen LogP contribution in [0.3, 0.4) is 0 Å². The first-order valence-corrected chi connectivity index (χ1v) is 4.24. The molecule has 0 aliphatic heterocycles. The Morgan fingerprint density at radius 3 is 2.59 bits per heavy atom. The van der Waals surface area contributed by atoms with Crippen LogP contribution in [0, 0.1) is 32.8 Å². The Bertz CT molecular complexity index is 545. The van der Waals surface area contributed by atoms with Crippen molar-refractivity contribution < 1.29 is 13.7 Å². The number of hydrogen-bond donors (Lipinski definition) is 0. The Kier molecular flexibility index (Phi) is 3.62. The number of halogens is 2. The van der Waals surface area contributed by atoms with Gasteiger partial charge in [0.1, 0.15) is 6.07 Å². The molecule has 0 bridgehead atoms. The highest BCUT2D eigenvalue weighted by Gasteiger charge is 2.26.